The predicted octanol–water partition coefficient (Wildman–Crippen LogP) is 5.60. The van der Waals surface area contributed by atoms with Gasteiger partial charge in [0.15, 0.2) is 6.23 Å². The van der Waals surface area contributed by atoms with Crippen molar-refractivity contribution in [3.8, 4) is 17.3 Å². The molecule has 32 heavy (non-hydrogen) atoms. The van der Waals surface area contributed by atoms with Gasteiger partial charge in [0.1, 0.15) is 5.69 Å². The molecule has 0 bridgehead atoms. The van der Waals surface area contributed by atoms with Gasteiger partial charge in [-0.3, -0.25) is 0 Å². The third-order valence-electron chi connectivity index (χ3n) is 5.89. The lowest BCUT2D eigenvalue weighted by molar-refractivity contribution is -0.0365. The fourth-order valence-electron chi connectivity index (χ4n) is 4.29. The number of benzene rings is 3. The molecule has 0 saturated carbocycles. The Bertz CT molecular complexity index is 1360. The van der Waals surface area contributed by atoms with Crippen LogP contribution in [-0.2, 0) is 9.47 Å². The Balaban J connectivity index is 1.62. The summed E-state index contributed by atoms with van der Waals surface area (Å²) in [6.07, 6.45) is 3.00. The number of nitriles is 1. The number of hydrogen-bond acceptors (Lipinski definition) is 5. The van der Waals surface area contributed by atoms with E-state index in [1.165, 1.54) is 0 Å². The van der Waals surface area contributed by atoms with Crippen LogP contribution >= 0.6 is 0 Å². The van der Waals surface area contributed by atoms with Crippen molar-refractivity contribution in [2.24, 2.45) is 0 Å². The van der Waals surface area contributed by atoms with Crippen LogP contribution in [0.25, 0.3) is 32.9 Å². The summed E-state index contributed by atoms with van der Waals surface area (Å²) in [5, 5.41) is 17.3. The molecule has 1 unspecified atom stereocenters. The van der Waals surface area contributed by atoms with E-state index in [1.807, 2.05) is 47.1 Å². The summed E-state index contributed by atoms with van der Waals surface area (Å²) in [6.45, 7) is 2.88. The lowest BCUT2D eigenvalue weighted by atomic mass is 10.0. The first-order chi connectivity index (χ1) is 15.7. The van der Waals surface area contributed by atoms with Gasteiger partial charge in [-0.15, -0.1) is 0 Å². The predicted molar refractivity (Wildman–Crippen MR) is 122 cm³/mol. The van der Waals surface area contributed by atoms with Crippen LogP contribution < -0.4 is 0 Å². The number of nitrogens with zero attached hydrogens (tertiary/aromatic N) is 3. The maximum Gasteiger partial charge on any atom is 0.338 e. The van der Waals surface area contributed by atoms with Crippen molar-refractivity contribution < 1.29 is 14.3 Å². The first-order valence-corrected chi connectivity index (χ1v) is 10.9. The SMILES string of the molecule is CCOC(=O)c1ccc2cc(-c3nn(C4CCCCO4)c4ccc(C#N)cc34)ccc2c1. The van der Waals surface area contributed by atoms with Gasteiger partial charge in [0.05, 0.1) is 29.3 Å². The van der Waals surface area contributed by atoms with Gasteiger partial charge in [0.25, 0.3) is 0 Å². The van der Waals surface area contributed by atoms with Gasteiger partial charge >= 0.3 is 5.97 Å². The topological polar surface area (TPSA) is 77.1 Å². The van der Waals surface area contributed by atoms with E-state index in [9.17, 15) is 10.1 Å². The van der Waals surface area contributed by atoms with Crippen LogP contribution in [0.15, 0.2) is 54.6 Å². The molecule has 1 fully saturated rings. The minimum absolute atomic E-state index is 0.0967. The molecule has 1 atom stereocenters. The largest absolute Gasteiger partial charge is 0.462 e. The zero-order valence-corrected chi connectivity index (χ0v) is 17.9. The molecule has 4 aromatic rings. The minimum Gasteiger partial charge on any atom is -0.462 e. The van der Waals surface area contributed by atoms with Gasteiger partial charge in [0, 0.05) is 17.6 Å². The lowest BCUT2D eigenvalue weighted by Gasteiger charge is -2.23. The molecule has 5 rings (SSSR count). The number of aromatic nitrogens is 2. The number of hydrogen-bond donors (Lipinski definition) is 0. The van der Waals surface area contributed by atoms with Gasteiger partial charge < -0.3 is 9.47 Å². The Morgan fingerprint density at radius 3 is 2.78 bits per heavy atom. The van der Waals surface area contributed by atoms with Gasteiger partial charge in [-0.05, 0) is 73.4 Å². The maximum atomic E-state index is 12.1. The Morgan fingerprint density at radius 1 is 1.16 bits per heavy atom. The molecule has 1 aliphatic rings. The van der Waals surface area contributed by atoms with Crippen molar-refractivity contribution in [2.45, 2.75) is 32.4 Å². The number of rotatable bonds is 4. The molecule has 2 heterocycles. The summed E-state index contributed by atoms with van der Waals surface area (Å²) in [7, 11) is 0. The molecule has 0 radical (unpaired) electrons. The molecule has 1 aliphatic heterocycles. The van der Waals surface area contributed by atoms with E-state index >= 15 is 0 Å². The second-order valence-electron chi connectivity index (χ2n) is 7.96. The zero-order chi connectivity index (χ0) is 22.1. The molecule has 0 N–H and O–H groups in total. The second-order valence-corrected chi connectivity index (χ2v) is 7.96. The standard InChI is InChI=1S/C26H23N3O3/c1-2-31-26(30)21-10-8-18-14-20(9-7-19(18)15-21)25-22-13-17(16-27)6-11-23(22)29(28-25)24-5-3-4-12-32-24/h6-11,13-15,24H,2-5,12H2,1H3. The first kappa shape index (κ1) is 20.2. The Hall–Kier alpha value is -3.69. The second kappa shape index (κ2) is 8.45. The normalized spacial score (nSPS) is 16.2. The Morgan fingerprint density at radius 2 is 2.00 bits per heavy atom. The van der Waals surface area contributed by atoms with Crippen LogP contribution in [0.4, 0.5) is 0 Å². The average molecular weight is 425 g/mol. The van der Waals surface area contributed by atoms with Crippen molar-refractivity contribution in [2.75, 3.05) is 13.2 Å². The quantitative estimate of drug-likeness (QED) is 0.398. The smallest absolute Gasteiger partial charge is 0.338 e. The molecule has 0 aliphatic carbocycles. The zero-order valence-electron chi connectivity index (χ0n) is 17.9. The average Bonchev–Trinajstić information content (AvgIpc) is 3.23. The fourth-order valence-corrected chi connectivity index (χ4v) is 4.29. The van der Waals surface area contributed by atoms with E-state index in [0.717, 1.165) is 58.8 Å². The van der Waals surface area contributed by atoms with Crippen molar-refractivity contribution in [3.05, 3.63) is 65.7 Å². The van der Waals surface area contributed by atoms with Crippen LogP contribution in [0.2, 0.25) is 0 Å². The van der Waals surface area contributed by atoms with Crippen molar-refractivity contribution >= 4 is 27.6 Å². The molecule has 0 amide bonds. The summed E-state index contributed by atoms with van der Waals surface area (Å²) in [4.78, 5) is 12.1. The van der Waals surface area contributed by atoms with Crippen molar-refractivity contribution in [1.29, 1.82) is 5.26 Å². The van der Waals surface area contributed by atoms with Gasteiger partial charge in [-0.1, -0.05) is 18.2 Å². The van der Waals surface area contributed by atoms with E-state index in [0.29, 0.717) is 17.7 Å². The number of carbonyl (C=O) groups excluding carboxylic acids is 1. The van der Waals surface area contributed by atoms with Gasteiger partial charge in [0.2, 0.25) is 0 Å². The molecular formula is C26H23N3O3. The Kier molecular flexibility index (Phi) is 5.34. The monoisotopic (exact) mass is 425 g/mol. The first-order valence-electron chi connectivity index (χ1n) is 10.9. The van der Waals surface area contributed by atoms with E-state index in [4.69, 9.17) is 14.6 Å². The molecule has 6 nitrogen and oxygen atoms in total. The van der Waals surface area contributed by atoms with Crippen molar-refractivity contribution in [3.63, 3.8) is 0 Å². The number of fused-ring (bicyclic) bond motifs is 2. The summed E-state index contributed by atoms with van der Waals surface area (Å²) in [5.74, 6) is -0.320. The molecule has 3 aromatic carbocycles. The van der Waals surface area contributed by atoms with E-state index < -0.39 is 0 Å². The van der Waals surface area contributed by atoms with Crippen LogP contribution in [0.1, 0.15) is 48.3 Å². The highest BCUT2D eigenvalue weighted by atomic mass is 16.5. The van der Waals surface area contributed by atoms with Crippen LogP contribution in [0.3, 0.4) is 0 Å². The number of esters is 1. The van der Waals surface area contributed by atoms with E-state index in [2.05, 4.69) is 12.1 Å². The number of carbonyl (C=O) groups is 1. The maximum absolute atomic E-state index is 12.1. The van der Waals surface area contributed by atoms with Gasteiger partial charge in [-0.2, -0.15) is 10.4 Å². The highest BCUT2D eigenvalue weighted by molar-refractivity contribution is 5.99. The van der Waals surface area contributed by atoms with E-state index in [1.54, 1.807) is 13.0 Å². The summed E-state index contributed by atoms with van der Waals surface area (Å²) in [5.41, 5.74) is 3.87. The molecule has 1 aromatic heterocycles. The summed E-state index contributed by atoms with van der Waals surface area (Å²) in [6, 6.07) is 19.5. The molecule has 1 saturated heterocycles. The summed E-state index contributed by atoms with van der Waals surface area (Å²) < 4.78 is 13.1. The molecule has 160 valence electrons. The Labute approximate surface area is 186 Å². The fraction of sp³-hybridized carbons (Fsp3) is 0.269. The highest BCUT2D eigenvalue weighted by Gasteiger charge is 2.22. The van der Waals surface area contributed by atoms with E-state index in [-0.39, 0.29) is 12.2 Å². The number of ether oxygens (including phenoxy) is 2. The van der Waals surface area contributed by atoms with Crippen LogP contribution in [0, 0.1) is 11.3 Å². The van der Waals surface area contributed by atoms with Gasteiger partial charge in [-0.25, -0.2) is 9.48 Å². The van der Waals surface area contributed by atoms with Crippen LogP contribution in [-0.4, -0.2) is 29.0 Å². The van der Waals surface area contributed by atoms with Crippen LogP contribution in [0.5, 0.6) is 0 Å². The molecule has 6 heteroatoms. The molecular weight excluding hydrogens is 402 g/mol. The lowest BCUT2D eigenvalue weighted by Crippen LogP contribution is -2.19. The highest BCUT2D eigenvalue weighted by Crippen LogP contribution is 2.34. The third kappa shape index (κ3) is 3.61. The van der Waals surface area contributed by atoms with Crippen molar-refractivity contribution in [1.82, 2.24) is 9.78 Å². The minimum atomic E-state index is -0.320. The molecule has 0 spiro atoms. The third-order valence-corrected chi connectivity index (χ3v) is 5.89. The summed E-state index contributed by atoms with van der Waals surface area (Å²) >= 11 is 0.